The topological polar surface area (TPSA) is 63.7 Å². The number of benzene rings is 1. The Morgan fingerprint density at radius 3 is 2.19 bits per heavy atom. The lowest BCUT2D eigenvalue weighted by molar-refractivity contribution is -0.175. The second-order valence-electron chi connectivity index (χ2n) is 5.69. The van der Waals surface area contributed by atoms with Crippen LogP contribution in [0, 0.1) is 11.8 Å². The largest absolute Gasteiger partial charge is 0.336 e. The Kier molecular flexibility index (Phi) is 3.49. The van der Waals surface area contributed by atoms with Gasteiger partial charge < -0.3 is 4.84 Å². The van der Waals surface area contributed by atoms with E-state index in [1.165, 1.54) is 0 Å². The molecule has 1 aromatic carbocycles. The fourth-order valence-electron chi connectivity index (χ4n) is 3.07. The molecule has 0 saturated heterocycles. The number of carbonyl (C=O) groups excluding carboxylic acids is 3. The first-order valence-electron chi connectivity index (χ1n) is 7.29. The van der Waals surface area contributed by atoms with E-state index in [1.54, 1.807) is 31.2 Å². The Morgan fingerprint density at radius 2 is 1.67 bits per heavy atom. The third-order valence-electron chi connectivity index (χ3n) is 4.42. The molecule has 5 heteroatoms. The highest BCUT2D eigenvalue weighted by atomic mass is 16.7. The molecule has 21 heavy (non-hydrogen) atoms. The van der Waals surface area contributed by atoms with Gasteiger partial charge in [0, 0.05) is 0 Å². The maximum atomic E-state index is 12.2. The summed E-state index contributed by atoms with van der Waals surface area (Å²) in [6.07, 6.45) is 4.24. The van der Waals surface area contributed by atoms with Gasteiger partial charge in [-0.05, 0) is 30.9 Å². The molecule has 0 aromatic heterocycles. The second kappa shape index (κ2) is 5.31. The van der Waals surface area contributed by atoms with Gasteiger partial charge in [-0.1, -0.05) is 37.0 Å². The van der Waals surface area contributed by atoms with Gasteiger partial charge in [0.25, 0.3) is 11.8 Å². The number of amides is 2. The van der Waals surface area contributed by atoms with E-state index < -0.39 is 17.8 Å². The van der Waals surface area contributed by atoms with Gasteiger partial charge in [-0.15, -0.1) is 0 Å². The van der Waals surface area contributed by atoms with Gasteiger partial charge in [0.1, 0.15) is 0 Å². The number of fused-ring (bicyclic) bond motifs is 1. The molecule has 1 aliphatic carbocycles. The van der Waals surface area contributed by atoms with E-state index in [2.05, 4.69) is 0 Å². The summed E-state index contributed by atoms with van der Waals surface area (Å²) in [5.74, 6) is -1.65. The molecule has 110 valence electrons. The molecule has 1 aromatic rings. The highest BCUT2D eigenvalue weighted by Crippen LogP contribution is 2.32. The molecule has 5 nitrogen and oxygen atoms in total. The molecular formula is C16H17NO4. The SMILES string of the molecule is CC(C(=O)ON1C(=O)c2ccccc2C1=O)C1CCCC1. The quantitative estimate of drug-likeness (QED) is 0.801. The molecule has 0 spiro atoms. The minimum absolute atomic E-state index is 0.281. The van der Waals surface area contributed by atoms with E-state index in [9.17, 15) is 14.4 Å². The number of hydroxylamine groups is 2. The van der Waals surface area contributed by atoms with Crippen LogP contribution >= 0.6 is 0 Å². The molecule has 0 bridgehead atoms. The van der Waals surface area contributed by atoms with Gasteiger partial charge in [0.2, 0.25) is 0 Å². The van der Waals surface area contributed by atoms with E-state index in [4.69, 9.17) is 4.84 Å². The van der Waals surface area contributed by atoms with Gasteiger partial charge in [0.05, 0.1) is 17.0 Å². The molecule has 1 aliphatic heterocycles. The minimum atomic E-state index is -0.567. The number of carbonyl (C=O) groups is 3. The predicted molar refractivity (Wildman–Crippen MR) is 74.2 cm³/mol. The molecule has 1 atom stereocenters. The highest BCUT2D eigenvalue weighted by Gasteiger charge is 2.40. The van der Waals surface area contributed by atoms with Crippen molar-refractivity contribution in [2.24, 2.45) is 11.8 Å². The Bertz CT molecular complexity index is 569. The minimum Gasteiger partial charge on any atom is -0.329 e. The molecule has 2 amide bonds. The summed E-state index contributed by atoms with van der Waals surface area (Å²) in [4.78, 5) is 41.5. The molecule has 1 saturated carbocycles. The normalized spacial score (nSPS) is 19.8. The van der Waals surface area contributed by atoms with E-state index in [-0.39, 0.29) is 23.0 Å². The van der Waals surface area contributed by atoms with Crippen molar-refractivity contribution in [1.29, 1.82) is 0 Å². The van der Waals surface area contributed by atoms with Crippen LogP contribution < -0.4 is 0 Å². The summed E-state index contributed by atoms with van der Waals surface area (Å²) in [6.45, 7) is 1.80. The van der Waals surface area contributed by atoms with Crippen LogP contribution in [0.5, 0.6) is 0 Å². The number of rotatable bonds is 3. The lowest BCUT2D eigenvalue weighted by atomic mass is 9.93. The Balaban J connectivity index is 1.73. The summed E-state index contributed by atoms with van der Waals surface area (Å²) in [5.41, 5.74) is 0.563. The maximum absolute atomic E-state index is 12.2. The summed E-state index contributed by atoms with van der Waals surface area (Å²) < 4.78 is 0. The fourth-order valence-corrected chi connectivity index (χ4v) is 3.07. The second-order valence-corrected chi connectivity index (χ2v) is 5.69. The van der Waals surface area contributed by atoms with Gasteiger partial charge in [-0.3, -0.25) is 9.59 Å². The first-order chi connectivity index (χ1) is 10.1. The monoisotopic (exact) mass is 287 g/mol. The molecule has 1 unspecified atom stereocenters. The van der Waals surface area contributed by atoms with Crippen LogP contribution in [-0.4, -0.2) is 22.8 Å². The maximum Gasteiger partial charge on any atom is 0.336 e. The average molecular weight is 287 g/mol. The number of hydrogen-bond acceptors (Lipinski definition) is 4. The van der Waals surface area contributed by atoms with Crippen molar-refractivity contribution in [2.75, 3.05) is 0 Å². The fraction of sp³-hybridized carbons (Fsp3) is 0.438. The van der Waals surface area contributed by atoms with Gasteiger partial charge in [0.15, 0.2) is 0 Å². The Labute approximate surface area is 122 Å². The average Bonchev–Trinajstić information content (AvgIpc) is 3.11. The third kappa shape index (κ3) is 2.33. The zero-order chi connectivity index (χ0) is 15.0. The molecule has 2 aliphatic rings. The van der Waals surface area contributed by atoms with Crippen LogP contribution in [-0.2, 0) is 9.63 Å². The molecule has 1 heterocycles. The van der Waals surface area contributed by atoms with Crippen molar-refractivity contribution >= 4 is 17.8 Å². The molecular weight excluding hydrogens is 270 g/mol. The summed E-state index contributed by atoms with van der Waals surface area (Å²) >= 11 is 0. The van der Waals surface area contributed by atoms with Gasteiger partial charge >= 0.3 is 5.97 Å². The van der Waals surface area contributed by atoms with Crippen LogP contribution in [0.3, 0.4) is 0 Å². The predicted octanol–water partition coefficient (Wildman–Crippen LogP) is 2.57. The van der Waals surface area contributed by atoms with E-state index in [0.29, 0.717) is 5.06 Å². The van der Waals surface area contributed by atoms with Crippen molar-refractivity contribution in [3.05, 3.63) is 35.4 Å². The van der Waals surface area contributed by atoms with Crippen molar-refractivity contribution < 1.29 is 19.2 Å². The Hall–Kier alpha value is -2.17. The van der Waals surface area contributed by atoms with E-state index >= 15 is 0 Å². The zero-order valence-corrected chi connectivity index (χ0v) is 11.9. The number of hydrogen-bond donors (Lipinski definition) is 0. The van der Waals surface area contributed by atoms with Gasteiger partial charge in [-0.2, -0.15) is 0 Å². The van der Waals surface area contributed by atoms with Crippen molar-refractivity contribution in [3.8, 4) is 0 Å². The highest BCUT2D eigenvalue weighted by molar-refractivity contribution is 6.20. The van der Waals surface area contributed by atoms with Crippen LogP contribution in [0.25, 0.3) is 0 Å². The lowest BCUT2D eigenvalue weighted by Crippen LogP contribution is -2.36. The van der Waals surface area contributed by atoms with E-state index in [1.807, 2.05) is 0 Å². The van der Waals surface area contributed by atoms with Crippen molar-refractivity contribution in [2.45, 2.75) is 32.6 Å². The molecule has 0 N–H and O–H groups in total. The summed E-state index contributed by atoms with van der Waals surface area (Å²) in [7, 11) is 0. The van der Waals surface area contributed by atoms with Crippen molar-refractivity contribution in [1.82, 2.24) is 5.06 Å². The number of imide groups is 1. The van der Waals surface area contributed by atoms with Crippen molar-refractivity contribution in [3.63, 3.8) is 0 Å². The third-order valence-corrected chi connectivity index (χ3v) is 4.42. The van der Waals surface area contributed by atoms with Crippen LogP contribution in [0.15, 0.2) is 24.3 Å². The lowest BCUT2D eigenvalue weighted by Gasteiger charge is -2.20. The Morgan fingerprint density at radius 1 is 1.14 bits per heavy atom. The first kappa shape index (κ1) is 13.8. The van der Waals surface area contributed by atoms with Crippen LogP contribution in [0.1, 0.15) is 53.3 Å². The summed E-state index contributed by atoms with van der Waals surface area (Å²) in [6, 6.07) is 6.47. The first-order valence-corrected chi connectivity index (χ1v) is 7.29. The van der Waals surface area contributed by atoms with Crippen LogP contribution in [0.2, 0.25) is 0 Å². The van der Waals surface area contributed by atoms with Crippen LogP contribution in [0.4, 0.5) is 0 Å². The molecule has 1 fully saturated rings. The smallest absolute Gasteiger partial charge is 0.329 e. The zero-order valence-electron chi connectivity index (χ0n) is 11.9. The standard InChI is InChI=1S/C16H17NO4/c1-10(11-6-2-3-7-11)16(20)21-17-14(18)12-8-4-5-9-13(12)15(17)19/h4-5,8-11H,2-3,6-7H2,1H3. The summed E-state index contributed by atoms with van der Waals surface area (Å²) in [5, 5.41) is 0.596. The molecule has 0 radical (unpaired) electrons. The number of nitrogens with zero attached hydrogens (tertiary/aromatic N) is 1. The van der Waals surface area contributed by atoms with Gasteiger partial charge in [-0.25, -0.2) is 4.79 Å². The van der Waals surface area contributed by atoms with E-state index in [0.717, 1.165) is 25.7 Å². The molecule has 3 rings (SSSR count).